The molecule has 0 aliphatic rings. The molecule has 0 amide bonds. The number of pyridine rings is 1. The van der Waals surface area contributed by atoms with Crippen LogP contribution >= 0.6 is 22.9 Å². The Bertz CT molecular complexity index is 829. The standard InChI is InChI=1S/C14H9ClN2O2S/c15-12-9(16)6-10(17-13(12)14(18)19)7-1-2-11-8(5-7)3-4-20-11/h1-6H,(H2,16,17)(H,18,19). The van der Waals surface area contributed by atoms with E-state index in [0.29, 0.717) is 5.69 Å². The van der Waals surface area contributed by atoms with Gasteiger partial charge in [0, 0.05) is 10.3 Å². The van der Waals surface area contributed by atoms with Gasteiger partial charge in [-0.25, -0.2) is 9.78 Å². The summed E-state index contributed by atoms with van der Waals surface area (Å²) in [5.41, 5.74) is 7.04. The summed E-state index contributed by atoms with van der Waals surface area (Å²) in [5.74, 6) is -1.19. The van der Waals surface area contributed by atoms with E-state index in [0.717, 1.165) is 15.6 Å². The summed E-state index contributed by atoms with van der Waals surface area (Å²) < 4.78 is 1.16. The number of thiophene rings is 1. The minimum Gasteiger partial charge on any atom is -0.476 e. The van der Waals surface area contributed by atoms with Gasteiger partial charge >= 0.3 is 5.97 Å². The van der Waals surface area contributed by atoms with Gasteiger partial charge in [0.05, 0.1) is 16.4 Å². The molecule has 0 aliphatic carbocycles. The van der Waals surface area contributed by atoms with Crippen LogP contribution in [0.15, 0.2) is 35.7 Å². The summed E-state index contributed by atoms with van der Waals surface area (Å²) in [5, 5.41) is 12.2. The summed E-state index contributed by atoms with van der Waals surface area (Å²) in [6, 6.07) is 9.40. The van der Waals surface area contributed by atoms with Crippen LogP contribution in [0, 0.1) is 0 Å². The van der Waals surface area contributed by atoms with Crippen LogP contribution in [-0.2, 0) is 0 Å². The average molecular weight is 305 g/mol. The van der Waals surface area contributed by atoms with Gasteiger partial charge < -0.3 is 10.8 Å². The van der Waals surface area contributed by atoms with Crippen LogP contribution in [0.2, 0.25) is 5.02 Å². The molecule has 3 aromatic rings. The number of halogens is 1. The third-order valence-corrected chi connectivity index (χ3v) is 4.23. The van der Waals surface area contributed by atoms with E-state index in [-0.39, 0.29) is 16.4 Å². The first-order valence-electron chi connectivity index (χ1n) is 5.73. The van der Waals surface area contributed by atoms with E-state index in [9.17, 15) is 4.79 Å². The number of aromatic carboxylic acids is 1. The molecule has 0 fully saturated rings. The Hall–Kier alpha value is -2.11. The molecule has 1 aromatic carbocycles. The lowest BCUT2D eigenvalue weighted by Gasteiger charge is -2.07. The normalized spacial score (nSPS) is 10.8. The second kappa shape index (κ2) is 4.77. The molecule has 0 saturated heterocycles. The van der Waals surface area contributed by atoms with Crippen LogP contribution in [0.4, 0.5) is 5.69 Å². The number of carbonyl (C=O) groups is 1. The number of hydrogen-bond donors (Lipinski definition) is 2. The predicted octanol–water partition coefficient (Wildman–Crippen LogP) is 3.90. The Balaban J connectivity index is 2.20. The topological polar surface area (TPSA) is 76.2 Å². The SMILES string of the molecule is Nc1cc(-c2ccc3sccc3c2)nc(C(=O)O)c1Cl. The van der Waals surface area contributed by atoms with E-state index in [4.69, 9.17) is 22.4 Å². The molecule has 20 heavy (non-hydrogen) atoms. The van der Waals surface area contributed by atoms with Crippen LogP contribution < -0.4 is 5.73 Å². The molecule has 2 heterocycles. The van der Waals surface area contributed by atoms with Gasteiger partial charge in [-0.1, -0.05) is 17.7 Å². The van der Waals surface area contributed by atoms with Gasteiger partial charge in [-0.15, -0.1) is 11.3 Å². The molecular weight excluding hydrogens is 296 g/mol. The molecule has 100 valence electrons. The molecule has 0 saturated carbocycles. The van der Waals surface area contributed by atoms with Gasteiger partial charge in [0.25, 0.3) is 0 Å². The summed E-state index contributed by atoms with van der Waals surface area (Å²) in [7, 11) is 0. The summed E-state index contributed by atoms with van der Waals surface area (Å²) in [6.45, 7) is 0. The quantitative estimate of drug-likeness (QED) is 0.753. The maximum absolute atomic E-state index is 11.1. The minimum absolute atomic E-state index is 0.0298. The fourth-order valence-corrected chi connectivity index (χ4v) is 2.91. The fourth-order valence-electron chi connectivity index (χ4n) is 1.96. The highest BCUT2D eigenvalue weighted by molar-refractivity contribution is 7.17. The molecule has 0 aliphatic heterocycles. The number of aromatic nitrogens is 1. The van der Waals surface area contributed by atoms with E-state index in [2.05, 4.69) is 4.98 Å². The van der Waals surface area contributed by atoms with Crippen molar-refractivity contribution in [1.82, 2.24) is 4.98 Å². The zero-order chi connectivity index (χ0) is 14.3. The second-order valence-electron chi connectivity index (χ2n) is 4.24. The first-order valence-corrected chi connectivity index (χ1v) is 6.99. The zero-order valence-corrected chi connectivity index (χ0v) is 11.7. The van der Waals surface area contributed by atoms with Crippen LogP contribution in [0.3, 0.4) is 0 Å². The lowest BCUT2D eigenvalue weighted by Crippen LogP contribution is -2.05. The third kappa shape index (κ3) is 2.11. The molecule has 3 N–H and O–H groups in total. The molecule has 0 unspecified atom stereocenters. The number of nitrogen functional groups attached to an aromatic ring is 1. The first-order chi connectivity index (χ1) is 9.56. The molecule has 4 nitrogen and oxygen atoms in total. The molecule has 0 spiro atoms. The molecule has 3 rings (SSSR count). The number of nitrogens with two attached hydrogens (primary N) is 1. The Morgan fingerprint density at radius 3 is 2.85 bits per heavy atom. The van der Waals surface area contributed by atoms with Crippen molar-refractivity contribution in [2.45, 2.75) is 0 Å². The van der Waals surface area contributed by atoms with Crippen molar-refractivity contribution in [3.05, 3.63) is 46.4 Å². The van der Waals surface area contributed by atoms with Crippen molar-refractivity contribution in [2.75, 3.05) is 5.73 Å². The van der Waals surface area contributed by atoms with Gasteiger partial charge in [0.1, 0.15) is 0 Å². The van der Waals surface area contributed by atoms with Crippen molar-refractivity contribution in [2.24, 2.45) is 0 Å². The Kier molecular flexibility index (Phi) is 3.08. The first kappa shape index (κ1) is 12.9. The van der Waals surface area contributed by atoms with Gasteiger partial charge in [0.15, 0.2) is 5.69 Å². The van der Waals surface area contributed by atoms with E-state index >= 15 is 0 Å². The third-order valence-electron chi connectivity index (χ3n) is 2.94. The van der Waals surface area contributed by atoms with E-state index < -0.39 is 5.97 Å². The number of hydrogen-bond acceptors (Lipinski definition) is 4. The van der Waals surface area contributed by atoms with Crippen molar-refractivity contribution >= 4 is 44.7 Å². The van der Waals surface area contributed by atoms with Gasteiger partial charge in [0.2, 0.25) is 0 Å². The average Bonchev–Trinajstić information content (AvgIpc) is 2.88. The van der Waals surface area contributed by atoms with Crippen LogP contribution in [0.25, 0.3) is 21.3 Å². The number of carboxylic acid groups (broad SMARTS) is 1. The maximum Gasteiger partial charge on any atom is 0.356 e. The van der Waals surface area contributed by atoms with Crippen LogP contribution in [0.5, 0.6) is 0 Å². The highest BCUT2D eigenvalue weighted by Gasteiger charge is 2.16. The Labute approximate surface area is 123 Å². The lowest BCUT2D eigenvalue weighted by atomic mass is 10.1. The summed E-state index contributed by atoms with van der Waals surface area (Å²) in [6.07, 6.45) is 0. The number of anilines is 1. The number of nitrogens with zero attached hydrogens (tertiary/aromatic N) is 1. The minimum atomic E-state index is -1.19. The highest BCUT2D eigenvalue weighted by atomic mass is 35.5. The van der Waals surface area contributed by atoms with Gasteiger partial charge in [-0.3, -0.25) is 0 Å². The number of carboxylic acids is 1. The molecule has 6 heteroatoms. The highest BCUT2D eigenvalue weighted by Crippen LogP contribution is 2.30. The van der Waals surface area contributed by atoms with Crippen molar-refractivity contribution < 1.29 is 9.90 Å². The molecular formula is C14H9ClN2O2S. The van der Waals surface area contributed by atoms with Crippen molar-refractivity contribution in [3.8, 4) is 11.3 Å². The molecule has 0 bridgehead atoms. The van der Waals surface area contributed by atoms with Crippen molar-refractivity contribution in [3.63, 3.8) is 0 Å². The van der Waals surface area contributed by atoms with E-state index in [1.54, 1.807) is 17.4 Å². The summed E-state index contributed by atoms with van der Waals surface area (Å²) >= 11 is 7.50. The molecule has 0 radical (unpaired) electrons. The maximum atomic E-state index is 11.1. The molecule has 0 atom stereocenters. The Morgan fingerprint density at radius 1 is 1.30 bits per heavy atom. The van der Waals surface area contributed by atoms with Crippen LogP contribution in [-0.4, -0.2) is 16.1 Å². The number of fused-ring (bicyclic) bond motifs is 1. The monoisotopic (exact) mass is 304 g/mol. The zero-order valence-electron chi connectivity index (χ0n) is 10.1. The largest absolute Gasteiger partial charge is 0.476 e. The van der Waals surface area contributed by atoms with Gasteiger partial charge in [-0.2, -0.15) is 0 Å². The molecule has 2 aromatic heterocycles. The van der Waals surface area contributed by atoms with E-state index in [1.165, 1.54) is 0 Å². The summed E-state index contributed by atoms with van der Waals surface area (Å²) in [4.78, 5) is 15.2. The predicted molar refractivity (Wildman–Crippen MR) is 81.4 cm³/mol. The van der Waals surface area contributed by atoms with Crippen molar-refractivity contribution in [1.29, 1.82) is 0 Å². The lowest BCUT2D eigenvalue weighted by molar-refractivity contribution is 0.0691. The smallest absolute Gasteiger partial charge is 0.356 e. The van der Waals surface area contributed by atoms with E-state index in [1.807, 2.05) is 29.6 Å². The fraction of sp³-hybridized carbons (Fsp3) is 0. The number of rotatable bonds is 2. The second-order valence-corrected chi connectivity index (χ2v) is 5.56. The van der Waals surface area contributed by atoms with Crippen LogP contribution in [0.1, 0.15) is 10.5 Å². The Morgan fingerprint density at radius 2 is 2.10 bits per heavy atom. The number of benzene rings is 1. The van der Waals surface area contributed by atoms with Gasteiger partial charge in [-0.05, 0) is 35.0 Å².